The van der Waals surface area contributed by atoms with E-state index in [2.05, 4.69) is 5.32 Å². The number of ether oxygens (including phenoxy) is 1. The topological polar surface area (TPSA) is 58.6 Å². The van der Waals surface area contributed by atoms with Crippen molar-refractivity contribution in [2.75, 3.05) is 6.54 Å². The Morgan fingerprint density at radius 2 is 2.05 bits per heavy atom. The van der Waals surface area contributed by atoms with Gasteiger partial charge in [-0.25, -0.2) is 9.18 Å². The first kappa shape index (κ1) is 16.9. The fraction of sp³-hybridized carbons (Fsp3) is 0.400. The molecule has 0 heterocycles. The van der Waals surface area contributed by atoms with E-state index in [4.69, 9.17) is 9.84 Å². The zero-order valence-electron chi connectivity index (χ0n) is 12.2. The maximum absolute atomic E-state index is 13.0. The lowest BCUT2D eigenvalue weighted by Gasteiger charge is -2.19. The van der Waals surface area contributed by atoms with Crippen molar-refractivity contribution in [3.8, 4) is 5.75 Å². The van der Waals surface area contributed by atoms with Gasteiger partial charge in [0.2, 0.25) is 0 Å². The van der Waals surface area contributed by atoms with Crippen molar-refractivity contribution in [2.24, 2.45) is 0 Å². The number of carbonyl (C=O) groups excluding carboxylic acids is 1. The third-order valence-corrected chi connectivity index (χ3v) is 2.32. The molecule has 0 aromatic heterocycles. The van der Waals surface area contributed by atoms with E-state index in [-0.39, 0.29) is 0 Å². The largest absolute Gasteiger partial charge is 0.505 e. The zero-order chi connectivity index (χ0) is 16.0. The normalized spacial score (nSPS) is 11.7. The minimum Gasteiger partial charge on any atom is -0.505 e. The predicted octanol–water partition coefficient (Wildman–Crippen LogP) is 3.60. The molecule has 1 aromatic rings. The molecule has 0 spiro atoms. The molecule has 0 aliphatic heterocycles. The molecule has 0 saturated carbocycles. The fourth-order valence-electron chi connectivity index (χ4n) is 1.48. The second-order valence-electron chi connectivity index (χ2n) is 5.46. The minimum atomic E-state index is -1.27. The summed E-state index contributed by atoms with van der Waals surface area (Å²) in [6.07, 6.45) is 3.17. The maximum Gasteiger partial charge on any atom is 0.407 e. The van der Waals surface area contributed by atoms with Gasteiger partial charge >= 0.3 is 6.09 Å². The molecular formula is C15H19F2NO3. The fourth-order valence-corrected chi connectivity index (χ4v) is 1.48. The van der Waals surface area contributed by atoms with Gasteiger partial charge in [-0.3, -0.25) is 0 Å². The molecule has 4 nitrogen and oxygen atoms in total. The SMILES string of the molecule is CC(C)(C)OC(=O)NCCC=Cc1cc(O)c(F)c(F)c1. The Bertz CT molecular complexity index is 513. The van der Waals surface area contributed by atoms with Crippen molar-refractivity contribution < 1.29 is 23.4 Å². The van der Waals surface area contributed by atoms with E-state index < -0.39 is 29.1 Å². The van der Waals surface area contributed by atoms with Crippen LogP contribution in [0.5, 0.6) is 5.75 Å². The van der Waals surface area contributed by atoms with E-state index in [9.17, 15) is 13.6 Å². The predicted molar refractivity (Wildman–Crippen MR) is 75.9 cm³/mol. The van der Waals surface area contributed by atoms with Crippen molar-refractivity contribution in [3.05, 3.63) is 35.4 Å². The molecule has 1 aromatic carbocycles. The van der Waals surface area contributed by atoms with E-state index in [0.29, 0.717) is 18.5 Å². The molecular weight excluding hydrogens is 280 g/mol. The molecule has 0 unspecified atom stereocenters. The van der Waals surface area contributed by atoms with Crippen LogP contribution < -0.4 is 5.32 Å². The average molecular weight is 299 g/mol. The second kappa shape index (κ2) is 7.06. The van der Waals surface area contributed by atoms with Gasteiger partial charge < -0.3 is 15.2 Å². The van der Waals surface area contributed by atoms with Crippen LogP contribution in [0.4, 0.5) is 13.6 Å². The first-order valence-corrected chi connectivity index (χ1v) is 6.50. The summed E-state index contributed by atoms with van der Waals surface area (Å²) in [5.74, 6) is -3.11. The number of halogens is 2. The Morgan fingerprint density at radius 3 is 2.62 bits per heavy atom. The van der Waals surface area contributed by atoms with Crippen LogP contribution in [0, 0.1) is 11.6 Å². The Hall–Kier alpha value is -2.11. The zero-order valence-corrected chi connectivity index (χ0v) is 12.2. The summed E-state index contributed by atoms with van der Waals surface area (Å²) in [6.45, 7) is 5.65. The lowest BCUT2D eigenvalue weighted by atomic mass is 10.1. The Balaban J connectivity index is 2.41. The van der Waals surface area contributed by atoms with Crippen LogP contribution in [0.25, 0.3) is 6.08 Å². The number of rotatable bonds is 4. The number of alkyl carbamates (subject to hydrolysis) is 1. The second-order valence-corrected chi connectivity index (χ2v) is 5.46. The van der Waals surface area contributed by atoms with E-state index in [1.165, 1.54) is 6.08 Å². The highest BCUT2D eigenvalue weighted by Gasteiger charge is 2.15. The molecule has 116 valence electrons. The van der Waals surface area contributed by atoms with Crippen molar-refractivity contribution in [1.82, 2.24) is 5.32 Å². The summed E-state index contributed by atoms with van der Waals surface area (Å²) in [6, 6.07) is 2.10. The number of carbonyl (C=O) groups is 1. The number of benzene rings is 1. The van der Waals surface area contributed by atoms with Crippen LogP contribution >= 0.6 is 0 Å². The lowest BCUT2D eigenvalue weighted by molar-refractivity contribution is 0.0529. The Labute approximate surface area is 122 Å². The van der Waals surface area contributed by atoms with Crippen LogP contribution in [0.15, 0.2) is 18.2 Å². The third kappa shape index (κ3) is 6.25. The van der Waals surface area contributed by atoms with Gasteiger partial charge in [-0.2, -0.15) is 4.39 Å². The van der Waals surface area contributed by atoms with Crippen molar-refractivity contribution in [2.45, 2.75) is 32.8 Å². The summed E-state index contributed by atoms with van der Waals surface area (Å²) in [4.78, 5) is 11.3. The molecule has 0 bridgehead atoms. The number of hydrogen-bond donors (Lipinski definition) is 2. The van der Waals surface area contributed by atoms with Gasteiger partial charge in [-0.15, -0.1) is 0 Å². The van der Waals surface area contributed by atoms with E-state index in [0.717, 1.165) is 12.1 Å². The van der Waals surface area contributed by atoms with Crippen LogP contribution in [0.2, 0.25) is 0 Å². The highest BCUT2D eigenvalue weighted by atomic mass is 19.2. The van der Waals surface area contributed by atoms with Gasteiger partial charge in [0, 0.05) is 6.54 Å². The summed E-state index contributed by atoms with van der Waals surface area (Å²) >= 11 is 0. The molecule has 0 aliphatic carbocycles. The molecule has 0 atom stereocenters. The van der Waals surface area contributed by atoms with E-state index in [1.807, 2.05) is 0 Å². The van der Waals surface area contributed by atoms with Gasteiger partial charge in [0.05, 0.1) is 0 Å². The number of hydrogen-bond acceptors (Lipinski definition) is 3. The van der Waals surface area contributed by atoms with Gasteiger partial charge in [-0.05, 0) is 44.9 Å². The number of phenols is 1. The number of nitrogens with one attached hydrogen (secondary N) is 1. The highest BCUT2D eigenvalue weighted by Crippen LogP contribution is 2.21. The summed E-state index contributed by atoms with van der Waals surface area (Å²) < 4.78 is 31.0. The third-order valence-electron chi connectivity index (χ3n) is 2.32. The van der Waals surface area contributed by atoms with Crippen LogP contribution in [0.1, 0.15) is 32.8 Å². The van der Waals surface area contributed by atoms with Crippen LogP contribution in [0.3, 0.4) is 0 Å². The molecule has 0 radical (unpaired) electrons. The first-order chi connectivity index (χ1) is 9.69. The van der Waals surface area contributed by atoms with Crippen molar-refractivity contribution in [1.29, 1.82) is 0 Å². The average Bonchev–Trinajstić information content (AvgIpc) is 2.33. The summed E-state index contributed by atoms with van der Waals surface area (Å²) in [5.41, 5.74) is -0.216. The van der Waals surface area contributed by atoms with Crippen LogP contribution in [-0.2, 0) is 4.74 Å². The van der Waals surface area contributed by atoms with Gasteiger partial charge in [0.15, 0.2) is 17.4 Å². The van der Waals surface area contributed by atoms with Gasteiger partial charge in [0.25, 0.3) is 0 Å². The van der Waals surface area contributed by atoms with E-state index in [1.54, 1.807) is 26.8 Å². The van der Waals surface area contributed by atoms with Gasteiger partial charge in [-0.1, -0.05) is 12.2 Å². The van der Waals surface area contributed by atoms with E-state index >= 15 is 0 Å². The molecule has 6 heteroatoms. The standard InChI is InChI=1S/C15H19F2NO3/c1-15(2,3)21-14(20)18-7-5-4-6-10-8-11(16)13(17)12(19)9-10/h4,6,8-9,19H,5,7H2,1-3H3,(H,18,20). The molecule has 0 fully saturated rings. The number of amides is 1. The molecule has 1 rings (SSSR count). The molecule has 0 saturated heterocycles. The highest BCUT2D eigenvalue weighted by molar-refractivity contribution is 5.67. The molecule has 2 N–H and O–H groups in total. The smallest absolute Gasteiger partial charge is 0.407 e. The monoisotopic (exact) mass is 299 g/mol. The minimum absolute atomic E-state index is 0.337. The Morgan fingerprint density at radius 1 is 1.38 bits per heavy atom. The maximum atomic E-state index is 13.0. The molecule has 1 amide bonds. The van der Waals surface area contributed by atoms with Crippen molar-refractivity contribution in [3.63, 3.8) is 0 Å². The first-order valence-electron chi connectivity index (χ1n) is 6.50. The lowest BCUT2D eigenvalue weighted by Crippen LogP contribution is -2.32. The number of aromatic hydroxyl groups is 1. The number of phenolic OH excluding ortho intramolecular Hbond substituents is 1. The van der Waals surface area contributed by atoms with Crippen LogP contribution in [-0.4, -0.2) is 23.3 Å². The summed E-state index contributed by atoms with van der Waals surface area (Å²) in [7, 11) is 0. The van der Waals surface area contributed by atoms with Crippen molar-refractivity contribution >= 4 is 12.2 Å². The Kier molecular flexibility index (Phi) is 5.69. The molecule has 0 aliphatic rings. The quantitative estimate of drug-likeness (QED) is 0.835. The summed E-state index contributed by atoms with van der Waals surface area (Å²) in [5, 5.41) is 11.7. The molecule has 21 heavy (non-hydrogen) atoms. The van der Waals surface area contributed by atoms with Gasteiger partial charge in [0.1, 0.15) is 5.60 Å².